The van der Waals surface area contributed by atoms with Crippen LogP contribution in [0.25, 0.3) is 10.8 Å². The molecule has 0 saturated carbocycles. The van der Waals surface area contributed by atoms with Gasteiger partial charge in [0, 0.05) is 23.9 Å². The van der Waals surface area contributed by atoms with Gasteiger partial charge in [-0.3, -0.25) is 0 Å². The zero-order valence-electron chi connectivity index (χ0n) is 11.0. The molecule has 3 rings (SSSR count). The van der Waals surface area contributed by atoms with E-state index in [0.717, 1.165) is 22.5 Å². The van der Waals surface area contributed by atoms with Gasteiger partial charge in [0.25, 0.3) is 0 Å². The van der Waals surface area contributed by atoms with Crippen LogP contribution in [0.3, 0.4) is 0 Å². The Morgan fingerprint density at radius 3 is 2.24 bits per heavy atom. The van der Waals surface area contributed by atoms with Crippen molar-refractivity contribution in [3.63, 3.8) is 0 Å². The van der Waals surface area contributed by atoms with E-state index in [1.54, 1.807) is 0 Å². The zero-order chi connectivity index (χ0) is 14.8. The number of hydrogen-bond acceptors (Lipinski definition) is 1. The van der Waals surface area contributed by atoms with E-state index in [2.05, 4.69) is 5.32 Å². The van der Waals surface area contributed by atoms with E-state index < -0.39 is 17.5 Å². The van der Waals surface area contributed by atoms with Crippen molar-refractivity contribution < 1.29 is 13.2 Å². The van der Waals surface area contributed by atoms with E-state index in [0.29, 0.717) is 6.07 Å². The minimum absolute atomic E-state index is 0.0847. The molecule has 0 amide bonds. The lowest BCUT2D eigenvalue weighted by molar-refractivity contribution is 0.490. The second-order valence-electron chi connectivity index (χ2n) is 4.77. The average Bonchev–Trinajstić information content (AvgIpc) is 2.49. The van der Waals surface area contributed by atoms with Crippen molar-refractivity contribution in [2.45, 2.75) is 6.54 Å². The molecule has 0 atom stereocenters. The zero-order valence-corrected chi connectivity index (χ0v) is 11.0. The SMILES string of the molecule is Fc1cc(F)c(CNc2ccc3ccccc3c2)cc1F. The highest BCUT2D eigenvalue weighted by molar-refractivity contribution is 5.85. The Kier molecular flexibility index (Phi) is 3.52. The molecule has 106 valence electrons. The van der Waals surface area contributed by atoms with E-state index in [1.807, 2.05) is 42.5 Å². The fraction of sp³-hybridized carbons (Fsp3) is 0.0588. The molecule has 0 unspecified atom stereocenters. The topological polar surface area (TPSA) is 12.0 Å². The number of halogens is 3. The Bertz CT molecular complexity index is 799. The van der Waals surface area contributed by atoms with E-state index in [9.17, 15) is 13.2 Å². The molecule has 0 spiro atoms. The Morgan fingerprint density at radius 2 is 1.43 bits per heavy atom. The number of anilines is 1. The normalized spacial score (nSPS) is 10.8. The molecule has 21 heavy (non-hydrogen) atoms. The van der Waals surface area contributed by atoms with Gasteiger partial charge in [-0.15, -0.1) is 0 Å². The van der Waals surface area contributed by atoms with Gasteiger partial charge in [-0.05, 0) is 29.0 Å². The average molecular weight is 287 g/mol. The van der Waals surface area contributed by atoms with Crippen molar-refractivity contribution in [3.8, 4) is 0 Å². The van der Waals surface area contributed by atoms with Crippen molar-refractivity contribution in [2.75, 3.05) is 5.32 Å². The van der Waals surface area contributed by atoms with Gasteiger partial charge >= 0.3 is 0 Å². The van der Waals surface area contributed by atoms with Gasteiger partial charge in [0.2, 0.25) is 0 Å². The lowest BCUT2D eigenvalue weighted by Gasteiger charge is -2.09. The van der Waals surface area contributed by atoms with Gasteiger partial charge < -0.3 is 5.32 Å². The van der Waals surface area contributed by atoms with Crippen LogP contribution in [0, 0.1) is 17.5 Å². The molecule has 0 aliphatic heterocycles. The lowest BCUT2D eigenvalue weighted by Crippen LogP contribution is -2.03. The van der Waals surface area contributed by atoms with E-state index in [-0.39, 0.29) is 12.1 Å². The van der Waals surface area contributed by atoms with E-state index in [1.165, 1.54) is 0 Å². The van der Waals surface area contributed by atoms with Crippen molar-refractivity contribution in [1.82, 2.24) is 0 Å². The number of benzene rings is 3. The summed E-state index contributed by atoms with van der Waals surface area (Å²) < 4.78 is 39.5. The first-order chi connectivity index (χ1) is 10.1. The fourth-order valence-electron chi connectivity index (χ4n) is 2.20. The van der Waals surface area contributed by atoms with Crippen LogP contribution in [0.1, 0.15) is 5.56 Å². The highest BCUT2D eigenvalue weighted by atomic mass is 19.2. The smallest absolute Gasteiger partial charge is 0.161 e. The predicted molar refractivity (Wildman–Crippen MR) is 77.6 cm³/mol. The third-order valence-corrected chi connectivity index (χ3v) is 3.32. The summed E-state index contributed by atoms with van der Waals surface area (Å²) in [7, 11) is 0. The van der Waals surface area contributed by atoms with Crippen molar-refractivity contribution in [1.29, 1.82) is 0 Å². The molecule has 0 aromatic heterocycles. The highest BCUT2D eigenvalue weighted by Crippen LogP contribution is 2.20. The molecule has 0 bridgehead atoms. The molecule has 3 aromatic rings. The first kappa shape index (κ1) is 13.5. The summed E-state index contributed by atoms with van der Waals surface area (Å²) >= 11 is 0. The number of nitrogens with one attached hydrogen (secondary N) is 1. The molecular formula is C17H12F3N. The molecule has 0 fully saturated rings. The van der Waals surface area contributed by atoms with Gasteiger partial charge in [-0.2, -0.15) is 0 Å². The van der Waals surface area contributed by atoms with Gasteiger partial charge in [0.05, 0.1) is 0 Å². The Hall–Kier alpha value is -2.49. The second-order valence-corrected chi connectivity index (χ2v) is 4.77. The minimum atomic E-state index is -1.18. The van der Waals surface area contributed by atoms with Crippen LogP contribution < -0.4 is 5.32 Å². The maximum atomic E-state index is 13.5. The second kappa shape index (κ2) is 5.48. The van der Waals surface area contributed by atoms with E-state index in [4.69, 9.17) is 0 Å². The quantitative estimate of drug-likeness (QED) is 0.678. The summed E-state index contributed by atoms with van der Waals surface area (Å²) in [5.41, 5.74) is 0.875. The van der Waals surface area contributed by atoms with Crippen LogP contribution in [0.15, 0.2) is 54.6 Å². The molecule has 0 aliphatic carbocycles. The summed E-state index contributed by atoms with van der Waals surface area (Å²) in [6, 6.07) is 15.0. The van der Waals surface area contributed by atoms with E-state index >= 15 is 0 Å². The van der Waals surface area contributed by atoms with Crippen LogP contribution in [0.2, 0.25) is 0 Å². The molecule has 1 N–H and O–H groups in total. The van der Waals surface area contributed by atoms with Crippen LogP contribution in [0.4, 0.5) is 18.9 Å². The van der Waals surface area contributed by atoms with Gasteiger partial charge in [-0.1, -0.05) is 30.3 Å². The molecule has 0 aliphatic rings. The molecule has 0 radical (unpaired) electrons. The molecule has 1 nitrogen and oxygen atoms in total. The van der Waals surface area contributed by atoms with Crippen molar-refractivity contribution >= 4 is 16.5 Å². The number of fused-ring (bicyclic) bond motifs is 1. The molecule has 0 heterocycles. The Morgan fingerprint density at radius 1 is 0.714 bits per heavy atom. The number of hydrogen-bond donors (Lipinski definition) is 1. The monoisotopic (exact) mass is 287 g/mol. The molecule has 0 saturated heterocycles. The number of rotatable bonds is 3. The first-order valence-corrected chi connectivity index (χ1v) is 6.49. The van der Waals surface area contributed by atoms with Crippen LogP contribution in [0.5, 0.6) is 0 Å². The third kappa shape index (κ3) is 2.84. The van der Waals surface area contributed by atoms with Crippen LogP contribution in [-0.2, 0) is 6.54 Å². The Balaban J connectivity index is 1.81. The summed E-state index contributed by atoms with van der Waals surface area (Å²) in [4.78, 5) is 0. The van der Waals surface area contributed by atoms with Crippen LogP contribution in [-0.4, -0.2) is 0 Å². The molecule has 4 heteroatoms. The van der Waals surface area contributed by atoms with Crippen molar-refractivity contribution in [2.24, 2.45) is 0 Å². The molecular weight excluding hydrogens is 275 g/mol. The standard InChI is InChI=1S/C17H12F3N/c18-15-9-17(20)16(19)8-13(15)10-21-14-6-5-11-3-1-2-4-12(11)7-14/h1-9,21H,10H2. The van der Waals surface area contributed by atoms with Crippen LogP contribution >= 0.6 is 0 Å². The maximum absolute atomic E-state index is 13.5. The fourth-order valence-corrected chi connectivity index (χ4v) is 2.20. The van der Waals surface area contributed by atoms with Crippen molar-refractivity contribution in [3.05, 3.63) is 77.6 Å². The first-order valence-electron chi connectivity index (χ1n) is 6.49. The highest BCUT2D eigenvalue weighted by Gasteiger charge is 2.09. The summed E-state index contributed by atoms with van der Waals surface area (Å²) in [5, 5.41) is 5.16. The predicted octanol–water partition coefficient (Wildman–Crippen LogP) is 4.87. The largest absolute Gasteiger partial charge is 0.381 e. The Labute approximate surface area is 120 Å². The summed E-state index contributed by atoms with van der Waals surface area (Å²) in [6.07, 6.45) is 0. The van der Waals surface area contributed by atoms with Gasteiger partial charge in [-0.25, -0.2) is 13.2 Å². The van der Waals surface area contributed by atoms with Gasteiger partial charge in [0.15, 0.2) is 11.6 Å². The summed E-state index contributed by atoms with van der Waals surface area (Å²) in [5.74, 6) is -2.99. The minimum Gasteiger partial charge on any atom is -0.381 e. The lowest BCUT2D eigenvalue weighted by atomic mass is 10.1. The maximum Gasteiger partial charge on any atom is 0.161 e. The van der Waals surface area contributed by atoms with Gasteiger partial charge in [0.1, 0.15) is 5.82 Å². The molecule has 3 aromatic carbocycles. The summed E-state index contributed by atoms with van der Waals surface area (Å²) in [6.45, 7) is 0.0847. The third-order valence-electron chi connectivity index (χ3n) is 3.32.